The SMILES string of the molecule is CO[C@H]1C([C@@]2(C)O[C@@H]2CC=C(C)C)[C@]2(CC[C@H]1OC(=O)N1CC(Cc3ccccn3)C1)CO2. The average molecular weight is 457 g/mol. The highest BCUT2D eigenvalue weighted by atomic mass is 16.6. The van der Waals surface area contributed by atoms with Crippen molar-refractivity contribution < 1.29 is 23.7 Å². The number of methoxy groups -OCH3 is 1. The third-order valence-corrected chi connectivity index (χ3v) is 7.93. The predicted octanol–water partition coefficient (Wildman–Crippen LogP) is 3.77. The smallest absolute Gasteiger partial charge is 0.410 e. The van der Waals surface area contributed by atoms with Crippen molar-refractivity contribution in [3.63, 3.8) is 0 Å². The van der Waals surface area contributed by atoms with E-state index >= 15 is 0 Å². The molecule has 1 unspecified atom stereocenters. The number of hydrogen-bond acceptors (Lipinski definition) is 6. The van der Waals surface area contributed by atoms with Gasteiger partial charge in [0.1, 0.15) is 23.4 Å². The number of amides is 1. The molecule has 4 aliphatic rings. The zero-order valence-corrected chi connectivity index (χ0v) is 20.2. The van der Waals surface area contributed by atoms with Crippen molar-refractivity contribution in [3.05, 3.63) is 41.7 Å². The van der Waals surface area contributed by atoms with Crippen LogP contribution in [0.1, 0.15) is 45.7 Å². The molecule has 3 saturated heterocycles. The van der Waals surface area contributed by atoms with Crippen LogP contribution in [-0.2, 0) is 25.4 Å². The van der Waals surface area contributed by atoms with Crippen LogP contribution >= 0.6 is 0 Å². The largest absolute Gasteiger partial charge is 0.443 e. The van der Waals surface area contributed by atoms with Crippen molar-refractivity contribution in [2.24, 2.45) is 11.8 Å². The van der Waals surface area contributed by atoms with Crippen molar-refractivity contribution >= 4 is 6.09 Å². The van der Waals surface area contributed by atoms with Crippen LogP contribution in [-0.4, -0.2) is 72.3 Å². The molecule has 3 aliphatic heterocycles. The van der Waals surface area contributed by atoms with Crippen LogP contribution in [0.3, 0.4) is 0 Å². The zero-order chi connectivity index (χ0) is 23.2. The van der Waals surface area contributed by atoms with Crippen LogP contribution in [0.15, 0.2) is 36.0 Å². The number of allylic oxidation sites excluding steroid dienone is 1. The lowest BCUT2D eigenvalue weighted by atomic mass is 9.68. The fraction of sp³-hybridized carbons (Fsp3) is 0.692. The number of carbonyl (C=O) groups excluding carboxylic acids is 1. The summed E-state index contributed by atoms with van der Waals surface area (Å²) in [4.78, 5) is 19.1. The Morgan fingerprint density at radius 1 is 1.33 bits per heavy atom. The summed E-state index contributed by atoms with van der Waals surface area (Å²) in [5, 5.41) is 0. The first-order chi connectivity index (χ1) is 15.8. The lowest BCUT2D eigenvalue weighted by Crippen LogP contribution is -2.57. The van der Waals surface area contributed by atoms with E-state index in [0.717, 1.165) is 38.0 Å². The Hall–Kier alpha value is -1.96. The predicted molar refractivity (Wildman–Crippen MR) is 123 cm³/mol. The molecule has 0 bridgehead atoms. The first-order valence-electron chi connectivity index (χ1n) is 12.2. The number of nitrogens with zero attached hydrogens (tertiary/aromatic N) is 2. The lowest BCUT2D eigenvalue weighted by molar-refractivity contribution is -0.124. The van der Waals surface area contributed by atoms with E-state index < -0.39 is 0 Å². The molecule has 4 heterocycles. The number of carbonyl (C=O) groups is 1. The Morgan fingerprint density at radius 2 is 2.12 bits per heavy atom. The minimum atomic E-state index is -0.321. The van der Waals surface area contributed by atoms with Gasteiger partial charge in [-0.3, -0.25) is 4.98 Å². The molecule has 7 heteroatoms. The molecular formula is C26H36N2O5. The molecule has 1 aromatic heterocycles. The maximum atomic E-state index is 12.9. The van der Waals surface area contributed by atoms with E-state index in [2.05, 4.69) is 31.8 Å². The van der Waals surface area contributed by atoms with E-state index in [9.17, 15) is 4.79 Å². The van der Waals surface area contributed by atoms with Gasteiger partial charge in [0.15, 0.2) is 0 Å². The number of ether oxygens (including phenoxy) is 4. The average Bonchev–Trinajstić information content (AvgIpc) is 3.68. The van der Waals surface area contributed by atoms with Crippen molar-refractivity contribution in [2.45, 2.75) is 76.0 Å². The van der Waals surface area contributed by atoms with Crippen LogP contribution in [0.2, 0.25) is 0 Å². The van der Waals surface area contributed by atoms with E-state index in [1.54, 1.807) is 12.0 Å². The summed E-state index contributed by atoms with van der Waals surface area (Å²) in [5.41, 5.74) is 1.83. The number of epoxide rings is 2. The van der Waals surface area contributed by atoms with Gasteiger partial charge in [-0.2, -0.15) is 0 Å². The van der Waals surface area contributed by atoms with Crippen molar-refractivity contribution in [2.75, 3.05) is 26.8 Å². The molecule has 180 valence electrons. The van der Waals surface area contributed by atoms with Gasteiger partial charge in [0.05, 0.1) is 18.6 Å². The summed E-state index contributed by atoms with van der Waals surface area (Å²) in [5.74, 6) is 0.480. The van der Waals surface area contributed by atoms with Gasteiger partial charge in [0, 0.05) is 32.1 Å². The second kappa shape index (κ2) is 8.67. The Kier molecular flexibility index (Phi) is 6.00. The summed E-state index contributed by atoms with van der Waals surface area (Å²) in [6.07, 6.45) is 6.81. The Bertz CT molecular complexity index is 891. The molecule has 1 saturated carbocycles. The highest BCUT2D eigenvalue weighted by Gasteiger charge is 2.72. The Morgan fingerprint density at radius 3 is 2.76 bits per heavy atom. The first-order valence-corrected chi connectivity index (χ1v) is 12.2. The maximum Gasteiger partial charge on any atom is 0.410 e. The fourth-order valence-electron chi connectivity index (χ4n) is 5.94. The second-order valence-corrected chi connectivity index (χ2v) is 10.6. The summed E-state index contributed by atoms with van der Waals surface area (Å²) in [6.45, 7) is 8.53. The standard InChI is InChI=1S/C26H36N2O5/c1-17(2)8-9-21-25(3,33-21)23-22(30-4)20(10-11-26(23)16-31-26)32-24(29)28-14-18(15-28)13-19-7-5-6-12-27-19/h5-8,12,18,20-23H,9-11,13-16H2,1-4H3/t20-,21-,22-,23?,25+,26+/m1/s1. The molecule has 5 rings (SSSR count). The number of rotatable bonds is 7. The maximum absolute atomic E-state index is 12.9. The minimum Gasteiger partial charge on any atom is -0.443 e. The summed E-state index contributed by atoms with van der Waals surface area (Å²) >= 11 is 0. The van der Waals surface area contributed by atoms with Gasteiger partial charge in [-0.15, -0.1) is 0 Å². The number of aromatic nitrogens is 1. The summed E-state index contributed by atoms with van der Waals surface area (Å²) in [7, 11) is 1.71. The molecule has 0 aromatic carbocycles. The molecule has 4 fully saturated rings. The third kappa shape index (κ3) is 4.43. The molecule has 0 N–H and O–H groups in total. The Labute approximate surface area is 196 Å². The van der Waals surface area contributed by atoms with Gasteiger partial charge in [0.2, 0.25) is 0 Å². The monoisotopic (exact) mass is 456 g/mol. The fourth-order valence-corrected chi connectivity index (χ4v) is 5.94. The van der Waals surface area contributed by atoms with Crippen molar-refractivity contribution in [1.82, 2.24) is 9.88 Å². The molecular weight excluding hydrogens is 420 g/mol. The van der Waals surface area contributed by atoms with Crippen molar-refractivity contribution in [1.29, 1.82) is 0 Å². The molecule has 6 atom stereocenters. The highest BCUT2D eigenvalue weighted by Crippen LogP contribution is 2.59. The van der Waals surface area contributed by atoms with Crippen LogP contribution in [0.4, 0.5) is 4.79 Å². The van der Waals surface area contributed by atoms with Crippen LogP contribution in [0.25, 0.3) is 0 Å². The van der Waals surface area contributed by atoms with Crippen LogP contribution < -0.4 is 0 Å². The van der Waals surface area contributed by atoms with Gasteiger partial charge < -0.3 is 23.8 Å². The van der Waals surface area contributed by atoms with E-state index in [-0.39, 0.29) is 41.5 Å². The summed E-state index contributed by atoms with van der Waals surface area (Å²) < 4.78 is 24.3. The number of likely N-dealkylation sites (tertiary alicyclic amines) is 1. The van der Waals surface area contributed by atoms with Gasteiger partial charge in [-0.1, -0.05) is 17.7 Å². The molecule has 1 aliphatic carbocycles. The van der Waals surface area contributed by atoms with Gasteiger partial charge in [0.25, 0.3) is 0 Å². The lowest BCUT2D eigenvalue weighted by Gasteiger charge is -2.44. The number of pyridine rings is 1. The highest BCUT2D eigenvalue weighted by molar-refractivity contribution is 5.69. The second-order valence-electron chi connectivity index (χ2n) is 10.6. The van der Waals surface area contributed by atoms with E-state index in [4.69, 9.17) is 18.9 Å². The number of hydrogen-bond donors (Lipinski definition) is 0. The molecule has 33 heavy (non-hydrogen) atoms. The van der Waals surface area contributed by atoms with E-state index in [1.165, 1.54) is 5.57 Å². The molecule has 7 nitrogen and oxygen atoms in total. The quantitative estimate of drug-likeness (QED) is 0.459. The topological polar surface area (TPSA) is 76.7 Å². The first kappa shape index (κ1) is 22.8. The van der Waals surface area contributed by atoms with Gasteiger partial charge in [-0.25, -0.2) is 4.79 Å². The van der Waals surface area contributed by atoms with E-state index in [1.807, 2.05) is 24.4 Å². The molecule has 1 amide bonds. The van der Waals surface area contributed by atoms with Gasteiger partial charge in [-0.05, 0) is 64.5 Å². The summed E-state index contributed by atoms with van der Waals surface area (Å²) in [6, 6.07) is 5.96. The minimum absolute atomic E-state index is 0.0467. The normalized spacial score (nSPS) is 37.4. The molecule has 0 radical (unpaired) electrons. The van der Waals surface area contributed by atoms with E-state index in [0.29, 0.717) is 19.0 Å². The zero-order valence-electron chi connectivity index (χ0n) is 20.2. The van der Waals surface area contributed by atoms with Crippen LogP contribution in [0, 0.1) is 11.8 Å². The molecule has 1 aromatic rings. The Balaban J connectivity index is 1.20. The van der Waals surface area contributed by atoms with Crippen LogP contribution in [0.5, 0.6) is 0 Å². The molecule has 1 spiro atoms. The van der Waals surface area contributed by atoms with Crippen molar-refractivity contribution in [3.8, 4) is 0 Å². The van der Waals surface area contributed by atoms with Gasteiger partial charge >= 0.3 is 6.09 Å². The third-order valence-electron chi connectivity index (χ3n) is 7.93.